The van der Waals surface area contributed by atoms with E-state index in [0.29, 0.717) is 5.56 Å². The first-order valence-corrected chi connectivity index (χ1v) is 4.44. The quantitative estimate of drug-likeness (QED) is 0.630. The monoisotopic (exact) mass is 239 g/mol. The molecule has 0 aliphatic heterocycles. The third-order valence-corrected chi connectivity index (χ3v) is 1.93. The van der Waals surface area contributed by atoms with Crippen LogP contribution in [-0.2, 0) is 3.79 Å². The zero-order valence-corrected chi connectivity index (χ0v) is 8.64. The molecule has 0 bridgehead atoms. The SMILES string of the molecule is OBOc1ccc(C(Cl)(Cl)Cl)cn1. The van der Waals surface area contributed by atoms with Crippen molar-refractivity contribution in [1.82, 2.24) is 4.98 Å². The molecule has 0 spiro atoms. The molecular formula is C6H5BCl3NO2. The van der Waals surface area contributed by atoms with Gasteiger partial charge >= 0.3 is 7.69 Å². The van der Waals surface area contributed by atoms with Crippen LogP contribution in [0.5, 0.6) is 5.88 Å². The molecule has 0 radical (unpaired) electrons. The van der Waals surface area contributed by atoms with E-state index in [2.05, 4.69) is 9.64 Å². The number of hydrogen-bond acceptors (Lipinski definition) is 3. The summed E-state index contributed by atoms with van der Waals surface area (Å²) in [7, 11) is -0.430. The topological polar surface area (TPSA) is 42.4 Å². The molecule has 0 unspecified atom stereocenters. The van der Waals surface area contributed by atoms with Gasteiger partial charge in [-0.2, -0.15) is 0 Å². The van der Waals surface area contributed by atoms with Crippen molar-refractivity contribution < 1.29 is 9.68 Å². The summed E-state index contributed by atoms with van der Waals surface area (Å²) < 4.78 is 3.21. The van der Waals surface area contributed by atoms with E-state index in [4.69, 9.17) is 39.8 Å². The summed E-state index contributed by atoms with van der Waals surface area (Å²) in [4.78, 5) is 3.80. The molecule has 0 aromatic carbocycles. The molecule has 3 nitrogen and oxygen atoms in total. The Kier molecular flexibility index (Phi) is 3.68. The largest absolute Gasteiger partial charge is 0.525 e. The summed E-state index contributed by atoms with van der Waals surface area (Å²) in [5.74, 6) is 0.278. The Bertz CT molecular complexity index is 274. The molecule has 1 rings (SSSR count). The van der Waals surface area contributed by atoms with Crippen LogP contribution in [0.1, 0.15) is 5.56 Å². The highest BCUT2D eigenvalue weighted by Crippen LogP contribution is 2.37. The molecule has 1 aromatic heterocycles. The Morgan fingerprint density at radius 2 is 2.08 bits per heavy atom. The molecule has 0 amide bonds. The lowest BCUT2D eigenvalue weighted by Crippen LogP contribution is -2.04. The van der Waals surface area contributed by atoms with Crippen LogP contribution < -0.4 is 4.65 Å². The first kappa shape index (κ1) is 10.9. The van der Waals surface area contributed by atoms with Crippen LogP contribution in [-0.4, -0.2) is 17.7 Å². The summed E-state index contributed by atoms with van der Waals surface area (Å²) in [6, 6.07) is 3.07. The lowest BCUT2D eigenvalue weighted by Gasteiger charge is -2.10. The Hall–Kier alpha value is -0.155. The van der Waals surface area contributed by atoms with Gasteiger partial charge in [-0.3, -0.25) is 0 Å². The standard InChI is InChI=1S/C6H5BCl3NO2/c8-6(9,10)4-1-2-5(11-3-4)13-7-12/h1-3,7,12H. The van der Waals surface area contributed by atoms with Crippen molar-refractivity contribution in [2.24, 2.45) is 0 Å². The normalized spacial score (nSPS) is 11.1. The minimum absolute atomic E-state index is 0.278. The highest BCUT2D eigenvalue weighted by Gasteiger charge is 2.22. The molecule has 0 saturated carbocycles. The molecule has 1 N–H and O–H groups in total. The van der Waals surface area contributed by atoms with Crippen LogP contribution in [0.25, 0.3) is 0 Å². The number of hydrogen-bond donors (Lipinski definition) is 1. The number of aromatic nitrogens is 1. The van der Waals surface area contributed by atoms with E-state index in [1.807, 2.05) is 0 Å². The van der Waals surface area contributed by atoms with Crippen molar-refractivity contribution in [3.05, 3.63) is 23.9 Å². The van der Waals surface area contributed by atoms with Crippen molar-refractivity contribution in [1.29, 1.82) is 0 Å². The second kappa shape index (κ2) is 4.37. The highest BCUT2D eigenvalue weighted by molar-refractivity contribution is 6.66. The fraction of sp³-hybridized carbons (Fsp3) is 0.167. The highest BCUT2D eigenvalue weighted by atomic mass is 35.6. The van der Waals surface area contributed by atoms with Gasteiger partial charge in [0.2, 0.25) is 3.79 Å². The van der Waals surface area contributed by atoms with E-state index in [1.165, 1.54) is 12.3 Å². The molecule has 13 heavy (non-hydrogen) atoms. The van der Waals surface area contributed by atoms with E-state index in [-0.39, 0.29) is 5.88 Å². The van der Waals surface area contributed by atoms with E-state index in [9.17, 15) is 0 Å². The van der Waals surface area contributed by atoms with Crippen molar-refractivity contribution in [2.75, 3.05) is 0 Å². The molecule has 0 saturated heterocycles. The zero-order chi connectivity index (χ0) is 9.90. The van der Waals surface area contributed by atoms with E-state index < -0.39 is 11.5 Å². The van der Waals surface area contributed by atoms with Crippen LogP contribution in [0.15, 0.2) is 18.3 Å². The molecule has 1 heterocycles. The minimum Gasteiger partial charge on any atom is -0.525 e. The molecule has 0 aliphatic rings. The van der Waals surface area contributed by atoms with Gasteiger partial charge < -0.3 is 9.68 Å². The Morgan fingerprint density at radius 3 is 2.46 bits per heavy atom. The van der Waals surface area contributed by atoms with Gasteiger partial charge in [0, 0.05) is 11.8 Å². The summed E-state index contributed by atoms with van der Waals surface area (Å²) in [5.41, 5.74) is 0.447. The van der Waals surface area contributed by atoms with Crippen LogP contribution in [0, 0.1) is 0 Å². The third kappa shape index (κ3) is 3.23. The molecule has 0 atom stereocenters. The Morgan fingerprint density at radius 1 is 1.38 bits per heavy atom. The van der Waals surface area contributed by atoms with E-state index >= 15 is 0 Å². The predicted octanol–water partition coefficient (Wildman–Crippen LogP) is 1.55. The van der Waals surface area contributed by atoms with Crippen LogP contribution >= 0.6 is 34.8 Å². The lowest BCUT2D eigenvalue weighted by atomic mass is 10.3. The second-order valence-corrected chi connectivity index (χ2v) is 4.44. The molecular weight excluding hydrogens is 235 g/mol. The van der Waals surface area contributed by atoms with Gasteiger partial charge in [-0.1, -0.05) is 34.8 Å². The second-order valence-electron chi connectivity index (χ2n) is 2.16. The van der Waals surface area contributed by atoms with Crippen molar-refractivity contribution in [2.45, 2.75) is 3.79 Å². The number of rotatable bonds is 2. The summed E-state index contributed by atoms with van der Waals surface area (Å²) >= 11 is 16.8. The van der Waals surface area contributed by atoms with Crippen molar-refractivity contribution in [3.63, 3.8) is 0 Å². The number of nitrogens with zero attached hydrogens (tertiary/aromatic N) is 1. The average molecular weight is 240 g/mol. The molecule has 7 heteroatoms. The minimum atomic E-state index is -1.48. The van der Waals surface area contributed by atoms with Crippen LogP contribution in [0.2, 0.25) is 0 Å². The smallest absolute Gasteiger partial charge is 0.505 e. The van der Waals surface area contributed by atoms with Crippen molar-refractivity contribution in [3.8, 4) is 5.88 Å². The predicted molar refractivity (Wildman–Crippen MR) is 53.5 cm³/mol. The van der Waals surface area contributed by atoms with Gasteiger partial charge in [0.25, 0.3) is 0 Å². The zero-order valence-electron chi connectivity index (χ0n) is 6.38. The van der Waals surface area contributed by atoms with E-state index in [0.717, 1.165) is 0 Å². The van der Waals surface area contributed by atoms with Gasteiger partial charge in [-0.05, 0) is 12.1 Å². The Labute approximate surface area is 90.9 Å². The maximum atomic E-state index is 8.41. The van der Waals surface area contributed by atoms with E-state index in [1.54, 1.807) is 6.07 Å². The first-order chi connectivity index (χ1) is 6.04. The fourth-order valence-corrected chi connectivity index (χ4v) is 1.03. The lowest BCUT2D eigenvalue weighted by molar-refractivity contribution is 0.443. The summed E-state index contributed by atoms with van der Waals surface area (Å²) in [6.45, 7) is 0. The number of halogens is 3. The van der Waals surface area contributed by atoms with Gasteiger partial charge in [0.1, 0.15) is 0 Å². The van der Waals surface area contributed by atoms with Crippen LogP contribution in [0.4, 0.5) is 0 Å². The third-order valence-electron chi connectivity index (χ3n) is 1.28. The van der Waals surface area contributed by atoms with Gasteiger partial charge in [0.05, 0.1) is 0 Å². The molecule has 0 aliphatic carbocycles. The van der Waals surface area contributed by atoms with Gasteiger partial charge in [-0.15, -0.1) is 0 Å². The maximum Gasteiger partial charge on any atom is 0.505 e. The number of pyridine rings is 1. The van der Waals surface area contributed by atoms with Crippen molar-refractivity contribution >= 4 is 42.5 Å². The molecule has 0 fully saturated rings. The summed E-state index contributed by atoms with van der Waals surface area (Å²) in [6.07, 6.45) is 1.37. The average Bonchev–Trinajstić information content (AvgIpc) is 2.04. The summed E-state index contributed by atoms with van der Waals surface area (Å²) in [5, 5.41) is 8.41. The molecule has 1 aromatic rings. The maximum absolute atomic E-state index is 8.41. The van der Waals surface area contributed by atoms with Gasteiger partial charge in [-0.25, -0.2) is 4.98 Å². The van der Waals surface area contributed by atoms with Gasteiger partial charge in [0.15, 0.2) is 5.88 Å². The first-order valence-electron chi connectivity index (χ1n) is 3.31. The number of alkyl halides is 3. The Balaban J connectivity index is 2.81. The fourth-order valence-electron chi connectivity index (χ4n) is 0.699. The molecule has 70 valence electrons. The van der Waals surface area contributed by atoms with Crippen LogP contribution in [0.3, 0.4) is 0 Å².